The third-order valence-electron chi connectivity index (χ3n) is 3.06. The zero-order valence-corrected chi connectivity index (χ0v) is 11.7. The maximum atomic E-state index is 5.91. The Labute approximate surface area is 114 Å². The van der Waals surface area contributed by atoms with Crippen LogP contribution in [0, 0.1) is 13.8 Å². The second kappa shape index (κ2) is 6.34. The van der Waals surface area contributed by atoms with Crippen molar-refractivity contribution in [2.45, 2.75) is 27.0 Å². The fraction of sp³-hybridized carbons (Fsp3) is 0.312. The molecule has 0 saturated carbocycles. The van der Waals surface area contributed by atoms with Crippen LogP contribution >= 0.6 is 0 Å². The van der Waals surface area contributed by atoms with E-state index in [-0.39, 0.29) is 0 Å². The summed E-state index contributed by atoms with van der Waals surface area (Å²) in [5.74, 6) is 0.850. The van der Waals surface area contributed by atoms with Crippen LogP contribution in [0.2, 0.25) is 0 Å². The summed E-state index contributed by atoms with van der Waals surface area (Å²) in [6, 6.07) is 12.2. The molecule has 3 heteroatoms. The van der Waals surface area contributed by atoms with Gasteiger partial charge in [0.1, 0.15) is 12.4 Å². The minimum Gasteiger partial charge on any atom is -0.487 e. The van der Waals surface area contributed by atoms with E-state index in [2.05, 4.69) is 29.4 Å². The summed E-state index contributed by atoms with van der Waals surface area (Å²) < 4.78 is 5.91. The SMILES string of the molecule is CNCc1nc(C)ccc1OCc1ccccc1C. The Morgan fingerprint density at radius 1 is 1.11 bits per heavy atom. The van der Waals surface area contributed by atoms with Crippen LogP contribution in [-0.4, -0.2) is 12.0 Å². The van der Waals surface area contributed by atoms with Crippen molar-refractivity contribution in [3.05, 3.63) is 58.9 Å². The zero-order valence-electron chi connectivity index (χ0n) is 11.7. The summed E-state index contributed by atoms with van der Waals surface area (Å²) in [6.07, 6.45) is 0. The van der Waals surface area contributed by atoms with Gasteiger partial charge in [0.2, 0.25) is 0 Å². The standard InChI is InChI=1S/C16H20N2O/c1-12-6-4-5-7-14(12)11-19-16-9-8-13(2)18-15(16)10-17-3/h4-9,17H,10-11H2,1-3H3. The molecule has 0 aliphatic rings. The number of pyridine rings is 1. The number of aromatic nitrogens is 1. The van der Waals surface area contributed by atoms with Crippen LogP contribution in [0.25, 0.3) is 0 Å². The lowest BCUT2D eigenvalue weighted by molar-refractivity contribution is 0.299. The molecule has 19 heavy (non-hydrogen) atoms. The lowest BCUT2D eigenvalue weighted by Crippen LogP contribution is -2.10. The third-order valence-corrected chi connectivity index (χ3v) is 3.06. The monoisotopic (exact) mass is 256 g/mol. The van der Waals surface area contributed by atoms with Gasteiger partial charge in [-0.2, -0.15) is 0 Å². The molecular weight excluding hydrogens is 236 g/mol. The highest BCUT2D eigenvalue weighted by Crippen LogP contribution is 2.19. The van der Waals surface area contributed by atoms with Gasteiger partial charge in [0.25, 0.3) is 0 Å². The summed E-state index contributed by atoms with van der Waals surface area (Å²) in [5, 5.41) is 3.12. The van der Waals surface area contributed by atoms with Crippen LogP contribution in [0.1, 0.15) is 22.5 Å². The molecule has 0 bridgehead atoms. The maximum Gasteiger partial charge on any atom is 0.142 e. The van der Waals surface area contributed by atoms with E-state index >= 15 is 0 Å². The number of rotatable bonds is 5. The minimum absolute atomic E-state index is 0.578. The molecule has 0 saturated heterocycles. The smallest absolute Gasteiger partial charge is 0.142 e. The maximum absolute atomic E-state index is 5.91. The molecule has 0 aliphatic carbocycles. The van der Waals surface area contributed by atoms with Crippen LogP contribution in [0.4, 0.5) is 0 Å². The molecule has 2 aromatic rings. The summed E-state index contributed by atoms with van der Waals surface area (Å²) in [6.45, 7) is 5.38. The molecule has 1 aromatic heterocycles. The van der Waals surface area contributed by atoms with Crippen molar-refractivity contribution in [3.8, 4) is 5.75 Å². The number of nitrogens with zero attached hydrogens (tertiary/aromatic N) is 1. The topological polar surface area (TPSA) is 34.2 Å². The lowest BCUT2D eigenvalue weighted by atomic mass is 10.1. The van der Waals surface area contributed by atoms with Gasteiger partial charge in [-0.05, 0) is 44.2 Å². The van der Waals surface area contributed by atoms with Crippen molar-refractivity contribution < 1.29 is 4.74 Å². The average molecular weight is 256 g/mol. The van der Waals surface area contributed by atoms with Gasteiger partial charge in [0.05, 0.1) is 5.69 Å². The largest absolute Gasteiger partial charge is 0.487 e. The Bertz CT molecular complexity index is 552. The van der Waals surface area contributed by atoms with Crippen LogP contribution in [0.3, 0.4) is 0 Å². The van der Waals surface area contributed by atoms with Crippen molar-refractivity contribution in [1.29, 1.82) is 0 Å². The van der Waals surface area contributed by atoms with Crippen LogP contribution in [-0.2, 0) is 13.2 Å². The van der Waals surface area contributed by atoms with Crippen molar-refractivity contribution >= 4 is 0 Å². The molecule has 1 N–H and O–H groups in total. The first kappa shape index (κ1) is 13.6. The van der Waals surface area contributed by atoms with E-state index in [9.17, 15) is 0 Å². The first-order valence-corrected chi connectivity index (χ1v) is 6.49. The molecule has 0 spiro atoms. The molecule has 0 unspecified atom stereocenters. The van der Waals surface area contributed by atoms with E-state index < -0.39 is 0 Å². The van der Waals surface area contributed by atoms with Crippen LogP contribution < -0.4 is 10.1 Å². The quantitative estimate of drug-likeness (QED) is 0.893. The second-order valence-electron chi connectivity index (χ2n) is 4.64. The summed E-state index contributed by atoms with van der Waals surface area (Å²) in [4.78, 5) is 4.51. The highest BCUT2D eigenvalue weighted by atomic mass is 16.5. The highest BCUT2D eigenvalue weighted by Gasteiger charge is 2.06. The fourth-order valence-electron chi connectivity index (χ4n) is 1.95. The number of ether oxygens (including phenoxy) is 1. The first-order valence-electron chi connectivity index (χ1n) is 6.49. The molecule has 0 amide bonds. The van der Waals surface area contributed by atoms with E-state index in [1.165, 1.54) is 11.1 Å². The Morgan fingerprint density at radius 3 is 2.63 bits per heavy atom. The van der Waals surface area contributed by atoms with E-state index in [0.29, 0.717) is 13.2 Å². The van der Waals surface area contributed by atoms with Gasteiger partial charge in [0.15, 0.2) is 0 Å². The number of nitrogens with one attached hydrogen (secondary N) is 1. The zero-order chi connectivity index (χ0) is 13.7. The normalized spacial score (nSPS) is 10.5. The molecule has 0 fully saturated rings. The fourth-order valence-corrected chi connectivity index (χ4v) is 1.95. The van der Waals surface area contributed by atoms with Gasteiger partial charge < -0.3 is 10.1 Å². The van der Waals surface area contributed by atoms with Crippen LogP contribution in [0.15, 0.2) is 36.4 Å². The third kappa shape index (κ3) is 3.55. The number of hydrogen-bond donors (Lipinski definition) is 1. The van der Waals surface area contributed by atoms with Gasteiger partial charge in [-0.15, -0.1) is 0 Å². The second-order valence-corrected chi connectivity index (χ2v) is 4.64. The summed E-state index contributed by atoms with van der Waals surface area (Å²) >= 11 is 0. The highest BCUT2D eigenvalue weighted by molar-refractivity contribution is 5.31. The van der Waals surface area contributed by atoms with Crippen LogP contribution in [0.5, 0.6) is 5.75 Å². The predicted molar refractivity (Wildman–Crippen MR) is 77.2 cm³/mol. The molecule has 0 aliphatic heterocycles. The Hall–Kier alpha value is -1.87. The molecule has 1 heterocycles. The predicted octanol–water partition coefficient (Wildman–Crippen LogP) is 3.00. The Kier molecular flexibility index (Phi) is 4.53. The minimum atomic E-state index is 0.578. The van der Waals surface area contributed by atoms with Gasteiger partial charge in [-0.1, -0.05) is 24.3 Å². The number of aryl methyl sites for hydroxylation is 2. The van der Waals surface area contributed by atoms with E-state index in [4.69, 9.17) is 4.74 Å². The number of benzene rings is 1. The molecule has 0 atom stereocenters. The van der Waals surface area contributed by atoms with E-state index in [1.807, 2.05) is 38.2 Å². The van der Waals surface area contributed by atoms with Gasteiger partial charge in [0, 0.05) is 12.2 Å². The van der Waals surface area contributed by atoms with Crippen molar-refractivity contribution in [2.24, 2.45) is 0 Å². The molecule has 0 radical (unpaired) electrons. The van der Waals surface area contributed by atoms with Gasteiger partial charge >= 0.3 is 0 Å². The number of hydrogen-bond acceptors (Lipinski definition) is 3. The van der Waals surface area contributed by atoms with Crippen molar-refractivity contribution in [2.75, 3.05) is 7.05 Å². The Balaban J connectivity index is 2.13. The molecule has 3 nitrogen and oxygen atoms in total. The summed E-state index contributed by atoms with van der Waals surface area (Å²) in [5.41, 5.74) is 4.42. The van der Waals surface area contributed by atoms with Gasteiger partial charge in [-0.25, -0.2) is 0 Å². The van der Waals surface area contributed by atoms with Crippen molar-refractivity contribution in [3.63, 3.8) is 0 Å². The molecular formula is C16H20N2O. The molecule has 2 rings (SSSR count). The van der Waals surface area contributed by atoms with E-state index in [1.54, 1.807) is 0 Å². The molecule has 100 valence electrons. The summed E-state index contributed by atoms with van der Waals surface area (Å²) in [7, 11) is 1.91. The Morgan fingerprint density at radius 2 is 1.89 bits per heavy atom. The van der Waals surface area contributed by atoms with Gasteiger partial charge in [-0.3, -0.25) is 4.98 Å². The average Bonchev–Trinajstić information content (AvgIpc) is 2.40. The lowest BCUT2D eigenvalue weighted by Gasteiger charge is -2.12. The molecule has 1 aromatic carbocycles. The van der Waals surface area contributed by atoms with Crippen molar-refractivity contribution in [1.82, 2.24) is 10.3 Å². The first-order chi connectivity index (χ1) is 9.20. The van der Waals surface area contributed by atoms with E-state index in [0.717, 1.165) is 17.1 Å².